The molecule has 35 heavy (non-hydrogen) atoms. The number of benzene rings is 1. The standard InChI is InChI=1S/C25H32ClN5O4/c1-34-22-7-6-19(26)23-18(22)11-21(30-23)25(33)31-20(10-15-4-5-15)24(32)29-17(12-27)9-16-3-2-8-28-14-35-13-16/h6-7,11,15-17,20,28,30H,2-5,8-10,13-14H2,1H3,(H,29,32)(H,31,33). The van der Waals surface area contributed by atoms with Gasteiger partial charge >= 0.3 is 0 Å². The number of hydrogen-bond acceptors (Lipinski definition) is 6. The van der Waals surface area contributed by atoms with Crippen molar-refractivity contribution in [2.75, 3.05) is 27.0 Å². The van der Waals surface area contributed by atoms with Gasteiger partial charge in [-0.25, -0.2) is 0 Å². The van der Waals surface area contributed by atoms with Gasteiger partial charge in [0.1, 0.15) is 23.5 Å². The lowest BCUT2D eigenvalue weighted by molar-refractivity contribution is -0.123. The predicted octanol–water partition coefficient (Wildman–Crippen LogP) is 3.10. The SMILES string of the molecule is COc1ccc(Cl)c2[nH]c(C(=O)NC(CC3CC3)C(=O)NC(C#N)CC3CCCNCOC3)cc12. The molecule has 1 aromatic carbocycles. The van der Waals surface area contributed by atoms with Crippen LogP contribution in [0.15, 0.2) is 18.2 Å². The zero-order valence-electron chi connectivity index (χ0n) is 19.9. The highest BCUT2D eigenvalue weighted by Gasteiger charge is 2.32. The molecule has 1 saturated carbocycles. The minimum absolute atomic E-state index is 0.199. The van der Waals surface area contributed by atoms with E-state index in [-0.39, 0.29) is 17.5 Å². The summed E-state index contributed by atoms with van der Waals surface area (Å²) < 4.78 is 11.0. The van der Waals surface area contributed by atoms with Gasteiger partial charge in [0.2, 0.25) is 5.91 Å². The predicted molar refractivity (Wildman–Crippen MR) is 132 cm³/mol. The molecule has 2 heterocycles. The molecule has 0 spiro atoms. The van der Waals surface area contributed by atoms with Gasteiger partial charge in [0, 0.05) is 5.39 Å². The van der Waals surface area contributed by atoms with E-state index in [4.69, 9.17) is 21.1 Å². The quantitative estimate of drug-likeness (QED) is 0.418. The molecule has 4 N–H and O–H groups in total. The first-order valence-corrected chi connectivity index (χ1v) is 12.5. The van der Waals surface area contributed by atoms with Crippen LogP contribution < -0.4 is 20.7 Å². The minimum atomic E-state index is -0.729. The third-order valence-electron chi connectivity index (χ3n) is 6.62. The maximum absolute atomic E-state index is 13.2. The highest BCUT2D eigenvalue weighted by Crippen LogP contribution is 2.34. The summed E-state index contributed by atoms with van der Waals surface area (Å²) in [6.45, 7) is 1.93. The summed E-state index contributed by atoms with van der Waals surface area (Å²) in [5.74, 6) is 0.448. The van der Waals surface area contributed by atoms with Crippen LogP contribution in [0.4, 0.5) is 0 Å². The Balaban J connectivity index is 1.43. The lowest BCUT2D eigenvalue weighted by Crippen LogP contribution is -2.50. The maximum Gasteiger partial charge on any atom is 0.268 e. The van der Waals surface area contributed by atoms with Crippen LogP contribution in [-0.4, -0.2) is 55.9 Å². The summed E-state index contributed by atoms with van der Waals surface area (Å²) in [6, 6.07) is 5.95. The number of aromatic nitrogens is 1. The van der Waals surface area contributed by atoms with Gasteiger partial charge in [-0.1, -0.05) is 24.4 Å². The van der Waals surface area contributed by atoms with Gasteiger partial charge in [-0.15, -0.1) is 0 Å². The van der Waals surface area contributed by atoms with Crippen molar-refractivity contribution >= 4 is 34.3 Å². The Morgan fingerprint density at radius 1 is 1.26 bits per heavy atom. The average molecular weight is 502 g/mol. The van der Waals surface area contributed by atoms with Crippen molar-refractivity contribution in [2.24, 2.45) is 11.8 Å². The van der Waals surface area contributed by atoms with Crippen molar-refractivity contribution in [1.29, 1.82) is 5.26 Å². The lowest BCUT2D eigenvalue weighted by Gasteiger charge is -2.24. The fraction of sp³-hybridized carbons (Fsp3) is 0.560. The molecule has 1 aliphatic carbocycles. The van der Waals surface area contributed by atoms with E-state index in [1.54, 1.807) is 25.3 Å². The number of hydrogen-bond donors (Lipinski definition) is 4. The number of halogens is 1. The van der Waals surface area contributed by atoms with Crippen molar-refractivity contribution in [3.8, 4) is 11.8 Å². The third kappa shape index (κ3) is 6.66. The zero-order chi connectivity index (χ0) is 24.8. The van der Waals surface area contributed by atoms with Crippen molar-refractivity contribution in [3.05, 3.63) is 28.9 Å². The fourth-order valence-electron chi connectivity index (χ4n) is 4.52. The topological polar surface area (TPSA) is 128 Å². The van der Waals surface area contributed by atoms with E-state index in [0.717, 1.165) is 32.2 Å². The molecule has 10 heteroatoms. The molecule has 1 aromatic heterocycles. The van der Waals surface area contributed by atoms with E-state index < -0.39 is 18.0 Å². The summed E-state index contributed by atoms with van der Waals surface area (Å²) in [4.78, 5) is 29.3. The van der Waals surface area contributed by atoms with E-state index in [0.29, 0.717) is 53.8 Å². The third-order valence-corrected chi connectivity index (χ3v) is 6.94. The number of ether oxygens (including phenoxy) is 2. The Hall–Kier alpha value is -2.80. The molecular formula is C25H32ClN5O4. The second kappa shape index (κ2) is 11.8. The number of carbonyl (C=O) groups is 2. The van der Waals surface area contributed by atoms with Crippen LogP contribution in [0.1, 0.15) is 49.0 Å². The first-order valence-electron chi connectivity index (χ1n) is 12.1. The van der Waals surface area contributed by atoms with Gasteiger partial charge in [0.15, 0.2) is 0 Å². The monoisotopic (exact) mass is 501 g/mol. The average Bonchev–Trinajstić information content (AvgIpc) is 3.53. The van der Waals surface area contributed by atoms with Crippen molar-refractivity contribution in [3.63, 3.8) is 0 Å². The molecule has 0 radical (unpaired) electrons. The van der Waals surface area contributed by atoms with Crippen molar-refractivity contribution in [1.82, 2.24) is 20.9 Å². The molecule has 2 aromatic rings. The van der Waals surface area contributed by atoms with Gasteiger partial charge in [-0.2, -0.15) is 5.26 Å². The Bertz CT molecular complexity index is 1090. The molecule has 3 unspecified atom stereocenters. The van der Waals surface area contributed by atoms with E-state index >= 15 is 0 Å². The number of fused-ring (bicyclic) bond motifs is 1. The number of nitrogens with one attached hydrogen (secondary N) is 4. The number of amides is 2. The second-order valence-corrected chi connectivity index (χ2v) is 9.78. The van der Waals surface area contributed by atoms with Gasteiger partial charge < -0.3 is 25.1 Å². The normalized spacial score (nSPS) is 20.2. The molecule has 2 aliphatic rings. The summed E-state index contributed by atoms with van der Waals surface area (Å²) in [5.41, 5.74) is 0.887. The minimum Gasteiger partial charge on any atom is -0.496 e. The van der Waals surface area contributed by atoms with Crippen LogP contribution in [0.5, 0.6) is 5.75 Å². The highest BCUT2D eigenvalue weighted by atomic mass is 35.5. The number of rotatable bonds is 9. The zero-order valence-corrected chi connectivity index (χ0v) is 20.6. The van der Waals surface area contributed by atoms with Gasteiger partial charge in [-0.3, -0.25) is 14.9 Å². The highest BCUT2D eigenvalue weighted by molar-refractivity contribution is 6.35. The number of aromatic amines is 1. The fourth-order valence-corrected chi connectivity index (χ4v) is 4.73. The molecule has 9 nitrogen and oxygen atoms in total. The van der Waals surface area contributed by atoms with Crippen LogP contribution in [0.3, 0.4) is 0 Å². The Morgan fingerprint density at radius 3 is 2.83 bits per heavy atom. The maximum atomic E-state index is 13.2. The first-order chi connectivity index (χ1) is 17.0. The molecule has 4 rings (SSSR count). The summed E-state index contributed by atoms with van der Waals surface area (Å²) in [7, 11) is 1.55. The van der Waals surface area contributed by atoms with Crippen LogP contribution >= 0.6 is 11.6 Å². The number of H-pyrrole nitrogens is 1. The molecule has 3 atom stereocenters. The van der Waals surface area contributed by atoms with Gasteiger partial charge in [0.25, 0.3) is 5.91 Å². The smallest absolute Gasteiger partial charge is 0.268 e. The van der Waals surface area contributed by atoms with Crippen LogP contribution in [0.25, 0.3) is 10.9 Å². The van der Waals surface area contributed by atoms with Crippen LogP contribution in [0.2, 0.25) is 5.02 Å². The molecular weight excluding hydrogens is 470 g/mol. The first kappa shape index (κ1) is 25.3. The molecule has 1 aliphatic heterocycles. The molecule has 2 amide bonds. The Kier molecular flexibility index (Phi) is 8.50. The Morgan fingerprint density at radius 2 is 2.09 bits per heavy atom. The second-order valence-electron chi connectivity index (χ2n) is 9.38. The van der Waals surface area contributed by atoms with Crippen molar-refractivity contribution in [2.45, 2.75) is 50.6 Å². The molecule has 1 saturated heterocycles. The largest absolute Gasteiger partial charge is 0.496 e. The lowest BCUT2D eigenvalue weighted by atomic mass is 9.95. The number of nitriles is 1. The molecule has 0 bridgehead atoms. The number of carbonyl (C=O) groups excluding carboxylic acids is 2. The van der Waals surface area contributed by atoms with E-state index in [2.05, 4.69) is 27.0 Å². The van der Waals surface area contributed by atoms with E-state index in [9.17, 15) is 14.9 Å². The van der Waals surface area contributed by atoms with E-state index in [1.807, 2.05) is 0 Å². The molecule has 188 valence electrons. The molecule has 2 fully saturated rings. The summed E-state index contributed by atoms with van der Waals surface area (Å²) in [5, 5.41) is 19.8. The van der Waals surface area contributed by atoms with Gasteiger partial charge in [0.05, 0.1) is 37.1 Å². The van der Waals surface area contributed by atoms with Crippen LogP contribution in [-0.2, 0) is 9.53 Å². The van der Waals surface area contributed by atoms with Crippen molar-refractivity contribution < 1.29 is 19.1 Å². The number of methoxy groups -OCH3 is 1. The summed E-state index contributed by atoms with van der Waals surface area (Å²) >= 11 is 6.28. The van der Waals surface area contributed by atoms with E-state index in [1.165, 1.54) is 0 Å². The number of nitrogens with zero attached hydrogens (tertiary/aromatic N) is 1. The Labute approximate surface area is 209 Å². The van der Waals surface area contributed by atoms with Gasteiger partial charge in [-0.05, 0) is 62.3 Å². The van der Waals surface area contributed by atoms with Crippen LogP contribution in [0, 0.1) is 23.2 Å². The summed E-state index contributed by atoms with van der Waals surface area (Å²) in [6.07, 6.45) is 5.06.